The lowest BCUT2D eigenvalue weighted by molar-refractivity contribution is 0.306. The summed E-state index contributed by atoms with van der Waals surface area (Å²) in [5.74, 6) is 0.890. The van der Waals surface area contributed by atoms with Crippen molar-refractivity contribution in [3.63, 3.8) is 0 Å². The maximum atomic E-state index is 4.16. The number of fused-ring (bicyclic) bond motifs is 1. The highest BCUT2D eigenvalue weighted by atomic mass is 35.5. The average Bonchev–Trinajstić information content (AvgIpc) is 2.79. The molecule has 0 aromatic carbocycles. The Labute approximate surface area is 127 Å². The first-order valence-electron chi connectivity index (χ1n) is 5.76. The fourth-order valence-corrected chi connectivity index (χ4v) is 2.82. The molecule has 2 aliphatic heterocycles. The minimum Gasteiger partial charge on any atom is -0.312 e. The van der Waals surface area contributed by atoms with Gasteiger partial charge in [0, 0.05) is 38.1 Å². The third kappa shape index (κ3) is 3.97. The highest BCUT2D eigenvalue weighted by Gasteiger charge is 2.35. The predicted octanol–water partition coefficient (Wildman–Crippen LogP) is 2.14. The van der Waals surface area contributed by atoms with Crippen molar-refractivity contribution in [1.82, 2.24) is 15.2 Å². The first kappa shape index (κ1) is 17.9. The minimum atomic E-state index is 0. The van der Waals surface area contributed by atoms with Gasteiger partial charge in [-0.2, -0.15) is 0 Å². The van der Waals surface area contributed by atoms with Gasteiger partial charge in [-0.1, -0.05) is 6.07 Å². The molecule has 6 heteroatoms. The second-order valence-corrected chi connectivity index (χ2v) is 4.66. The average molecular weight is 313 g/mol. The Kier molecular flexibility index (Phi) is 8.15. The van der Waals surface area contributed by atoms with Crippen molar-refractivity contribution in [3.8, 4) is 0 Å². The van der Waals surface area contributed by atoms with E-state index in [0.29, 0.717) is 0 Å². The van der Waals surface area contributed by atoms with Crippen molar-refractivity contribution in [3.05, 3.63) is 30.1 Å². The van der Waals surface area contributed by atoms with E-state index in [4.69, 9.17) is 0 Å². The molecule has 3 nitrogen and oxygen atoms in total. The van der Waals surface area contributed by atoms with Gasteiger partial charge < -0.3 is 5.32 Å². The molecule has 0 spiro atoms. The summed E-state index contributed by atoms with van der Waals surface area (Å²) in [5.41, 5.74) is 1.33. The van der Waals surface area contributed by atoms with Gasteiger partial charge in [0.1, 0.15) is 0 Å². The van der Waals surface area contributed by atoms with Crippen molar-refractivity contribution in [2.45, 2.75) is 19.0 Å². The minimum absolute atomic E-state index is 0. The molecule has 1 aromatic heterocycles. The smallest absolute Gasteiger partial charge is 0.0312 e. The number of nitrogens with zero attached hydrogens (tertiary/aromatic N) is 2. The lowest BCUT2D eigenvalue weighted by Crippen LogP contribution is -2.29. The van der Waals surface area contributed by atoms with Crippen molar-refractivity contribution < 1.29 is 0 Å². The van der Waals surface area contributed by atoms with E-state index in [2.05, 4.69) is 21.3 Å². The van der Waals surface area contributed by atoms with Crippen LogP contribution in [0.4, 0.5) is 0 Å². The fraction of sp³-hybridized carbons (Fsp3) is 0.583. The lowest BCUT2D eigenvalue weighted by atomic mass is 10.1. The number of pyridine rings is 1. The molecule has 2 atom stereocenters. The maximum absolute atomic E-state index is 4.16. The largest absolute Gasteiger partial charge is 0.312 e. The molecule has 2 saturated heterocycles. The van der Waals surface area contributed by atoms with Crippen LogP contribution in [0.25, 0.3) is 0 Å². The van der Waals surface area contributed by atoms with Crippen LogP contribution in [-0.2, 0) is 6.54 Å². The summed E-state index contributed by atoms with van der Waals surface area (Å²) in [7, 11) is 0. The van der Waals surface area contributed by atoms with Crippen molar-refractivity contribution in [2.75, 3.05) is 19.6 Å². The maximum Gasteiger partial charge on any atom is 0.0312 e. The third-order valence-electron chi connectivity index (χ3n) is 3.57. The van der Waals surface area contributed by atoms with E-state index in [9.17, 15) is 0 Å². The van der Waals surface area contributed by atoms with Gasteiger partial charge in [0.05, 0.1) is 0 Å². The molecule has 1 aromatic rings. The Morgan fingerprint density at radius 3 is 2.78 bits per heavy atom. The SMILES string of the molecule is Cl.Cl.Cl.c1cncc(CN2C[C@H]3CCN[C@H]3C2)c1. The zero-order chi connectivity index (χ0) is 10.1. The van der Waals surface area contributed by atoms with E-state index in [1.165, 1.54) is 31.6 Å². The number of aromatic nitrogens is 1. The summed E-state index contributed by atoms with van der Waals surface area (Å²) in [5, 5.41) is 3.58. The van der Waals surface area contributed by atoms with Crippen molar-refractivity contribution >= 4 is 37.2 Å². The van der Waals surface area contributed by atoms with Crippen molar-refractivity contribution in [2.24, 2.45) is 5.92 Å². The molecule has 104 valence electrons. The van der Waals surface area contributed by atoms with Gasteiger partial charge >= 0.3 is 0 Å². The summed E-state index contributed by atoms with van der Waals surface area (Å²) >= 11 is 0. The van der Waals surface area contributed by atoms with Gasteiger partial charge in [-0.3, -0.25) is 9.88 Å². The Morgan fingerprint density at radius 2 is 2.11 bits per heavy atom. The van der Waals surface area contributed by atoms with Gasteiger partial charge in [0.2, 0.25) is 0 Å². The van der Waals surface area contributed by atoms with Crippen molar-refractivity contribution in [1.29, 1.82) is 0 Å². The number of nitrogens with one attached hydrogen (secondary N) is 1. The second-order valence-electron chi connectivity index (χ2n) is 4.66. The summed E-state index contributed by atoms with van der Waals surface area (Å²) in [6, 6.07) is 4.93. The fourth-order valence-electron chi connectivity index (χ4n) is 2.82. The van der Waals surface area contributed by atoms with Crippen LogP contribution < -0.4 is 5.32 Å². The van der Waals surface area contributed by atoms with E-state index in [1.54, 1.807) is 0 Å². The number of rotatable bonds is 2. The monoisotopic (exact) mass is 311 g/mol. The zero-order valence-corrected chi connectivity index (χ0v) is 12.6. The second kappa shape index (κ2) is 8.18. The molecule has 0 saturated carbocycles. The number of likely N-dealkylation sites (tertiary alicyclic amines) is 1. The molecule has 2 fully saturated rings. The van der Waals surface area contributed by atoms with E-state index in [0.717, 1.165) is 18.5 Å². The molecule has 18 heavy (non-hydrogen) atoms. The molecule has 3 rings (SSSR count). The zero-order valence-electron chi connectivity index (χ0n) is 10.1. The molecule has 0 unspecified atom stereocenters. The van der Waals surface area contributed by atoms with Gasteiger partial charge in [-0.05, 0) is 30.5 Å². The molecule has 0 aliphatic carbocycles. The Bertz CT molecular complexity index is 325. The summed E-state index contributed by atoms with van der Waals surface area (Å²) < 4.78 is 0. The molecule has 0 radical (unpaired) electrons. The number of hydrogen-bond donors (Lipinski definition) is 1. The Morgan fingerprint density at radius 1 is 1.28 bits per heavy atom. The molecular weight excluding hydrogens is 293 g/mol. The molecule has 0 amide bonds. The Balaban J connectivity index is 0.000000963. The van der Waals surface area contributed by atoms with Crippen LogP contribution in [0.5, 0.6) is 0 Å². The lowest BCUT2D eigenvalue weighted by Gasteiger charge is -2.16. The molecule has 2 aliphatic rings. The standard InChI is InChI=1S/C12H17N3.3ClH/c1-2-10(6-13-4-1)7-15-8-11-3-5-14-12(11)9-15;;;/h1-2,4,6,11-12,14H,3,5,7-9H2;3*1H/t11-,12+;;;/m1.../s1. The van der Waals surface area contributed by atoms with Crippen LogP contribution >= 0.6 is 37.2 Å². The highest BCUT2D eigenvalue weighted by molar-refractivity contribution is 5.86. The van der Waals surface area contributed by atoms with Crippen LogP contribution in [0.3, 0.4) is 0 Å². The molecule has 3 heterocycles. The summed E-state index contributed by atoms with van der Waals surface area (Å²) in [6.45, 7) is 4.74. The van der Waals surface area contributed by atoms with Crippen LogP contribution in [0, 0.1) is 5.92 Å². The van der Waals surface area contributed by atoms with Gasteiger partial charge in [-0.25, -0.2) is 0 Å². The van der Waals surface area contributed by atoms with Crippen LogP contribution in [0.2, 0.25) is 0 Å². The molecule has 1 N–H and O–H groups in total. The van der Waals surface area contributed by atoms with E-state index in [-0.39, 0.29) is 37.2 Å². The predicted molar refractivity (Wildman–Crippen MR) is 81.2 cm³/mol. The van der Waals surface area contributed by atoms with E-state index >= 15 is 0 Å². The Hall–Kier alpha value is -0.0600. The van der Waals surface area contributed by atoms with Gasteiger partial charge in [0.15, 0.2) is 0 Å². The normalized spacial score (nSPS) is 25.6. The highest BCUT2D eigenvalue weighted by Crippen LogP contribution is 2.25. The van der Waals surface area contributed by atoms with Gasteiger partial charge in [0.25, 0.3) is 0 Å². The topological polar surface area (TPSA) is 28.2 Å². The van der Waals surface area contributed by atoms with E-state index < -0.39 is 0 Å². The van der Waals surface area contributed by atoms with Crippen LogP contribution in [0.1, 0.15) is 12.0 Å². The number of halogens is 3. The van der Waals surface area contributed by atoms with Gasteiger partial charge in [-0.15, -0.1) is 37.2 Å². The number of hydrogen-bond acceptors (Lipinski definition) is 3. The first-order chi connectivity index (χ1) is 7.42. The molecule has 0 bridgehead atoms. The summed E-state index contributed by atoms with van der Waals surface area (Å²) in [4.78, 5) is 6.70. The summed E-state index contributed by atoms with van der Waals surface area (Å²) in [6.07, 6.45) is 5.17. The third-order valence-corrected chi connectivity index (χ3v) is 3.57. The first-order valence-corrected chi connectivity index (χ1v) is 5.76. The quantitative estimate of drug-likeness (QED) is 0.907. The van der Waals surface area contributed by atoms with E-state index in [1.807, 2.05) is 18.5 Å². The van der Waals surface area contributed by atoms with Crippen LogP contribution in [-0.4, -0.2) is 35.6 Å². The van der Waals surface area contributed by atoms with Crippen LogP contribution in [0.15, 0.2) is 24.5 Å². The molecular formula is C12H20Cl3N3.